The molecule has 98 heavy (non-hydrogen) atoms. The lowest BCUT2D eigenvalue weighted by atomic mass is 9.72. The SMILES string of the molecule is CC(=O)CC(CCCCNC(C)=O)C(=O)NC(C(=O)CC(CCCNC(N)=O)C(=O)Nc1ccc(COC(=S)N(C)CCN(C)C(=S)Oc2cc3c(c4c(C)c[nH]c24)C(CCl)CN3C(=O)C23CC4(C(=O)N5CC(CCl)c6c5cc(OP(=O)(O)O)c5[nH]cc(C)c65)CC24C3)cc1)C(C)C. The van der Waals surface area contributed by atoms with Gasteiger partial charge in [0.05, 0.1) is 39.3 Å². The molecule has 3 saturated carbocycles. The number of nitrogens with one attached hydrogen (secondary N) is 6. The average molecular weight is 1450 g/mol. The summed E-state index contributed by atoms with van der Waals surface area (Å²) in [4.78, 5) is 140. The number of nitrogens with zero attached hydrogens (tertiary/aromatic N) is 4. The standard InChI is InChI=1S/C68H86Cl2N11O14PS2/c1-36(2)56(77-60(86)42(22-39(5)82)12-9-10-18-72-40(6)83)49(84)23-43(13-11-19-73-63(71)89)59(85)76-46-16-14-41(15-17-46)32-93-64(97)78(7)20-21-79(8)65(98)94-50-24-47-54(52-37(3)28-74-57(50)52)44(26-69)30-80(47)61(87)66-33-67(35-68(66,67)34-66)62(88)81-31-45(27-70)55-48(81)25-51(95-96(90,91)92)58-53(55)38(4)29-75-58/h14-17,24-25,28-29,36,42-45,56,74-75H,9-13,18-23,26-27,30-35H2,1-8H3,(H,72,83)(H,76,85)(H,77,86)(H3,71,73,89)(H2,90,91,92). The Morgan fingerprint density at radius 3 is 1.80 bits per heavy atom. The van der Waals surface area contributed by atoms with Gasteiger partial charge in [-0.15, -0.1) is 23.2 Å². The van der Waals surface area contributed by atoms with Crippen LogP contribution in [-0.2, 0) is 49.5 Å². The topological polar surface area (TPSA) is 340 Å². The maximum Gasteiger partial charge on any atom is 0.524 e. The second kappa shape index (κ2) is 29.4. The van der Waals surface area contributed by atoms with Crippen LogP contribution in [0.25, 0.3) is 21.8 Å². The van der Waals surface area contributed by atoms with Crippen LogP contribution in [0.5, 0.6) is 11.5 Å². The highest BCUT2D eigenvalue weighted by Gasteiger charge is 3.01. The molecule has 3 aromatic carbocycles. The van der Waals surface area contributed by atoms with E-state index in [1.807, 2.05) is 31.0 Å². The number of amides is 7. The number of aromatic nitrogens is 2. The number of Topliss-reactive ketones (excluding diaryl/α,β-unsaturated/α-hetero) is 2. The Morgan fingerprint density at radius 1 is 0.745 bits per heavy atom. The molecule has 7 amide bonds. The van der Waals surface area contributed by atoms with Crippen molar-refractivity contribution < 1.29 is 66.7 Å². The molecule has 10 N–H and O–H groups in total. The molecule has 0 radical (unpaired) electrons. The number of likely N-dealkylation sites (N-methyl/N-ethyl adjacent to an activating group) is 2. The van der Waals surface area contributed by atoms with Gasteiger partial charge in [0, 0.05) is 155 Å². The first-order chi connectivity index (χ1) is 46.4. The molecule has 8 unspecified atom stereocenters. The number of hydrogen-bond acceptors (Lipinski definition) is 14. The Balaban J connectivity index is 0.732. The van der Waals surface area contributed by atoms with Crippen LogP contribution in [0.2, 0.25) is 0 Å². The van der Waals surface area contributed by atoms with E-state index < -0.39 is 59.8 Å². The normalized spacial score (nSPS) is 20.9. The number of phosphoric acid groups is 1. The van der Waals surface area contributed by atoms with Gasteiger partial charge >= 0.3 is 13.9 Å². The molecule has 0 bridgehead atoms. The van der Waals surface area contributed by atoms with E-state index in [2.05, 4.69) is 31.2 Å². The molecule has 2 aliphatic heterocycles. The number of aryl methyl sites for hydroxylation is 2. The van der Waals surface area contributed by atoms with Crippen LogP contribution in [-0.4, -0.2) is 158 Å². The number of primary amides is 1. The van der Waals surface area contributed by atoms with Crippen molar-refractivity contribution in [1.82, 2.24) is 35.7 Å². The van der Waals surface area contributed by atoms with Gasteiger partial charge < -0.3 is 75.4 Å². The number of fused-ring (bicyclic) bond motifs is 6. The van der Waals surface area contributed by atoms with Crippen molar-refractivity contribution in [2.75, 3.05) is 80.2 Å². The number of rotatable bonds is 31. The number of anilines is 3. The minimum absolute atomic E-state index is 0.00612. The lowest BCUT2D eigenvalue weighted by molar-refractivity contribution is -0.134. The monoisotopic (exact) mass is 1450 g/mol. The van der Waals surface area contributed by atoms with Crippen molar-refractivity contribution in [2.24, 2.45) is 39.7 Å². The summed E-state index contributed by atoms with van der Waals surface area (Å²) >= 11 is 24.9. The third-order valence-electron chi connectivity index (χ3n) is 20.4. The van der Waals surface area contributed by atoms with Gasteiger partial charge in [-0.1, -0.05) is 32.4 Å². The fraction of sp³-hybridized carbons (Fsp3) is 0.529. The van der Waals surface area contributed by atoms with Crippen LogP contribution in [0.3, 0.4) is 0 Å². The molecule has 8 atom stereocenters. The van der Waals surface area contributed by atoms with E-state index in [0.29, 0.717) is 110 Å². The summed E-state index contributed by atoms with van der Waals surface area (Å²) in [6.07, 6.45) is 6.95. The van der Waals surface area contributed by atoms with Crippen LogP contribution >= 0.6 is 55.5 Å². The summed E-state index contributed by atoms with van der Waals surface area (Å²) in [7, 11) is -1.40. The van der Waals surface area contributed by atoms with Crippen molar-refractivity contribution >= 4 is 152 Å². The van der Waals surface area contributed by atoms with Gasteiger partial charge in [0.1, 0.15) is 12.4 Å². The Kier molecular flexibility index (Phi) is 22.0. The van der Waals surface area contributed by atoms with Gasteiger partial charge in [-0.3, -0.25) is 38.6 Å². The summed E-state index contributed by atoms with van der Waals surface area (Å²) in [5, 5.41) is 13.0. The molecule has 2 aromatic heterocycles. The number of nitrogens with two attached hydrogens (primary N) is 1. The van der Waals surface area contributed by atoms with E-state index in [-0.39, 0.29) is 114 Å². The molecule has 0 saturated heterocycles. The molecular formula is C68H86Cl2N11O14PS2. The molecule has 4 heterocycles. The number of ether oxygens (including phenoxy) is 2. The second-order valence-electron chi connectivity index (χ2n) is 27.5. The number of ketones is 2. The summed E-state index contributed by atoms with van der Waals surface area (Å²) < 4.78 is 29.9. The zero-order chi connectivity index (χ0) is 71.1. The second-order valence-corrected chi connectivity index (χ2v) is 30.0. The summed E-state index contributed by atoms with van der Waals surface area (Å²) in [6.45, 7) is 12.3. The van der Waals surface area contributed by atoms with E-state index >= 15 is 4.79 Å². The minimum atomic E-state index is -4.98. The van der Waals surface area contributed by atoms with Gasteiger partial charge in [0.2, 0.25) is 29.5 Å². The van der Waals surface area contributed by atoms with E-state index in [9.17, 15) is 47.9 Å². The first-order valence-corrected chi connectivity index (χ1v) is 36.4. The highest BCUT2D eigenvalue weighted by molar-refractivity contribution is 7.80. The molecule has 528 valence electrons. The summed E-state index contributed by atoms with van der Waals surface area (Å²) in [5.41, 5.74) is 10.2. The molecule has 25 nitrogen and oxygen atoms in total. The number of carbonyl (C=O) groups excluding carboxylic acids is 8. The van der Waals surface area contributed by atoms with Crippen LogP contribution < -0.4 is 46.1 Å². The van der Waals surface area contributed by atoms with E-state index in [0.717, 1.165) is 33.2 Å². The Hall–Kier alpha value is -7.39. The number of unbranched alkanes of at least 4 members (excludes halogenated alkanes) is 1. The third kappa shape index (κ3) is 14.8. The zero-order valence-electron chi connectivity index (χ0n) is 56.2. The number of benzene rings is 3. The van der Waals surface area contributed by atoms with E-state index in [1.54, 1.807) is 73.1 Å². The lowest BCUT2D eigenvalue weighted by Crippen LogP contribution is -2.49. The van der Waals surface area contributed by atoms with Gasteiger partial charge in [-0.25, -0.2) is 9.36 Å². The predicted molar refractivity (Wildman–Crippen MR) is 380 cm³/mol. The quantitative estimate of drug-likeness (QED) is 0.00864. The molecule has 5 aromatic rings. The van der Waals surface area contributed by atoms with Crippen molar-refractivity contribution in [3.05, 3.63) is 76.6 Å². The van der Waals surface area contributed by atoms with E-state index in [1.165, 1.54) is 19.9 Å². The number of urea groups is 1. The van der Waals surface area contributed by atoms with Gasteiger partial charge in [0.15, 0.2) is 17.3 Å². The number of alkyl halides is 2. The van der Waals surface area contributed by atoms with Crippen molar-refractivity contribution in [3.8, 4) is 11.5 Å². The molecule has 5 aliphatic rings. The van der Waals surface area contributed by atoms with Gasteiger partial charge in [0.25, 0.3) is 10.3 Å². The zero-order valence-corrected chi connectivity index (χ0v) is 60.2. The van der Waals surface area contributed by atoms with Crippen LogP contribution in [0.1, 0.15) is 132 Å². The van der Waals surface area contributed by atoms with Crippen LogP contribution in [0.15, 0.2) is 48.8 Å². The number of hydrogen-bond donors (Lipinski definition) is 9. The molecule has 3 aliphatic carbocycles. The first kappa shape index (κ1) is 73.3. The lowest BCUT2D eigenvalue weighted by Gasteiger charge is -2.37. The third-order valence-corrected chi connectivity index (χ3v) is 22.4. The molecule has 3 fully saturated rings. The molecule has 10 rings (SSSR count). The summed E-state index contributed by atoms with van der Waals surface area (Å²) in [6, 6.07) is 8.63. The predicted octanol–water partition coefficient (Wildman–Crippen LogP) is 8.98. The van der Waals surface area contributed by atoms with Crippen LogP contribution in [0, 0.1) is 47.8 Å². The summed E-state index contributed by atoms with van der Waals surface area (Å²) in [5.74, 6) is -3.30. The molecular weight excluding hydrogens is 1360 g/mol. The maximum absolute atomic E-state index is 15.2. The van der Waals surface area contributed by atoms with Crippen LogP contribution in [0.4, 0.5) is 21.9 Å². The van der Waals surface area contributed by atoms with Crippen molar-refractivity contribution in [2.45, 2.75) is 130 Å². The van der Waals surface area contributed by atoms with Crippen molar-refractivity contribution in [3.63, 3.8) is 0 Å². The molecule has 30 heteroatoms. The minimum Gasteiger partial charge on any atom is -0.466 e. The largest absolute Gasteiger partial charge is 0.524 e. The fourth-order valence-corrected chi connectivity index (χ4v) is 16.5. The molecule has 1 spiro atoms. The van der Waals surface area contributed by atoms with Crippen molar-refractivity contribution in [1.29, 1.82) is 0 Å². The maximum atomic E-state index is 15.2. The average Bonchev–Trinajstić information content (AvgIpc) is 1.40. The smallest absolute Gasteiger partial charge is 0.466 e. The number of H-pyrrole nitrogens is 2. The number of aromatic amines is 2. The highest BCUT2D eigenvalue weighted by atomic mass is 35.5. The van der Waals surface area contributed by atoms with Gasteiger partial charge in [-0.2, -0.15) is 0 Å². The Bertz CT molecular complexity index is 4070. The Morgan fingerprint density at radius 2 is 1.28 bits per heavy atom. The highest BCUT2D eigenvalue weighted by Crippen LogP contribution is 3.01. The van der Waals surface area contributed by atoms with E-state index in [4.69, 9.17) is 67.4 Å². The van der Waals surface area contributed by atoms with Gasteiger partial charge in [-0.05, 0) is 136 Å². The number of phosphoric ester groups is 1. The fourth-order valence-electron chi connectivity index (χ4n) is 15.3. The Labute approximate surface area is 589 Å². The number of thiocarbonyl (C=S) groups is 2. The number of halogens is 2. The number of carbonyl (C=O) groups is 8. The first-order valence-electron chi connectivity index (χ1n) is 33.0.